The number of aromatic nitrogens is 4. The molecule has 168 valence electrons. The number of carbonyl (C=O) groups excluding carboxylic acids is 1. The summed E-state index contributed by atoms with van der Waals surface area (Å²) in [5.74, 6) is 0.151. The number of anilines is 1. The Bertz CT molecular complexity index is 1410. The van der Waals surface area contributed by atoms with Crippen molar-refractivity contribution in [1.29, 1.82) is 0 Å². The zero-order valence-electron chi connectivity index (χ0n) is 18.2. The molecule has 5 rings (SSSR count). The van der Waals surface area contributed by atoms with E-state index in [1.54, 1.807) is 40.1 Å². The van der Waals surface area contributed by atoms with Gasteiger partial charge < -0.3 is 20.3 Å². The molecule has 9 heteroatoms. The highest BCUT2D eigenvalue weighted by atomic mass is 16.3. The Morgan fingerprint density at radius 1 is 1.09 bits per heavy atom. The van der Waals surface area contributed by atoms with Crippen LogP contribution < -0.4 is 11.3 Å². The van der Waals surface area contributed by atoms with E-state index in [1.807, 2.05) is 18.2 Å². The minimum Gasteiger partial charge on any atom is -0.384 e. The molecule has 3 N–H and O–H groups in total. The van der Waals surface area contributed by atoms with Gasteiger partial charge in [0, 0.05) is 48.5 Å². The zero-order valence-corrected chi connectivity index (χ0v) is 18.2. The van der Waals surface area contributed by atoms with Crippen LogP contribution in [0.15, 0.2) is 53.6 Å². The van der Waals surface area contributed by atoms with Crippen LogP contribution in [-0.4, -0.2) is 54.6 Å². The van der Waals surface area contributed by atoms with Crippen LogP contribution in [0.25, 0.3) is 33.2 Å². The van der Waals surface area contributed by atoms with Crippen molar-refractivity contribution in [2.45, 2.75) is 31.9 Å². The third kappa shape index (κ3) is 3.80. The van der Waals surface area contributed by atoms with Crippen molar-refractivity contribution < 1.29 is 9.90 Å². The second-order valence-electron chi connectivity index (χ2n) is 8.37. The van der Waals surface area contributed by atoms with Crippen LogP contribution in [0.3, 0.4) is 0 Å². The Hall–Kier alpha value is -3.85. The summed E-state index contributed by atoms with van der Waals surface area (Å²) in [4.78, 5) is 40.4. The summed E-state index contributed by atoms with van der Waals surface area (Å²) in [5.41, 5.74) is 9.20. The molecule has 0 aromatic carbocycles. The number of hydrogen-bond acceptors (Lipinski definition) is 7. The number of fused-ring (bicyclic) bond motifs is 3. The van der Waals surface area contributed by atoms with Crippen molar-refractivity contribution >= 4 is 33.7 Å². The van der Waals surface area contributed by atoms with Crippen molar-refractivity contribution in [1.82, 2.24) is 24.4 Å². The van der Waals surface area contributed by atoms with Gasteiger partial charge in [-0.1, -0.05) is 0 Å². The van der Waals surface area contributed by atoms with E-state index in [9.17, 15) is 14.7 Å². The molecule has 0 aliphatic carbocycles. The Morgan fingerprint density at radius 2 is 1.88 bits per heavy atom. The number of nitrogen functional groups attached to an aromatic ring is 1. The number of rotatable bonds is 3. The summed E-state index contributed by atoms with van der Waals surface area (Å²) >= 11 is 0. The number of likely N-dealkylation sites (tertiary alicyclic amines) is 1. The molecule has 1 fully saturated rings. The van der Waals surface area contributed by atoms with E-state index >= 15 is 0 Å². The molecule has 0 unspecified atom stereocenters. The first-order valence-corrected chi connectivity index (χ1v) is 10.9. The van der Waals surface area contributed by atoms with Gasteiger partial charge >= 0.3 is 0 Å². The van der Waals surface area contributed by atoms with Crippen molar-refractivity contribution in [3.05, 3.63) is 59.1 Å². The molecule has 0 saturated carbocycles. The molecule has 33 heavy (non-hydrogen) atoms. The van der Waals surface area contributed by atoms with E-state index in [0.717, 1.165) is 16.5 Å². The maximum Gasteiger partial charge on any atom is 0.251 e. The zero-order chi connectivity index (χ0) is 23.1. The van der Waals surface area contributed by atoms with Crippen LogP contribution in [0.1, 0.15) is 25.8 Å². The van der Waals surface area contributed by atoms with Crippen molar-refractivity contribution in [3.63, 3.8) is 0 Å². The molecule has 1 aliphatic rings. The van der Waals surface area contributed by atoms with Crippen molar-refractivity contribution in [2.24, 2.45) is 0 Å². The molecule has 4 aromatic rings. The van der Waals surface area contributed by atoms with E-state index in [4.69, 9.17) is 10.7 Å². The van der Waals surface area contributed by atoms with Gasteiger partial charge in [-0.25, -0.2) is 9.97 Å². The molecule has 0 spiro atoms. The van der Waals surface area contributed by atoms with Gasteiger partial charge in [-0.15, -0.1) is 0 Å². The Morgan fingerprint density at radius 3 is 2.58 bits per heavy atom. The maximum atomic E-state index is 13.1. The van der Waals surface area contributed by atoms with Crippen LogP contribution in [-0.2, 0) is 4.79 Å². The van der Waals surface area contributed by atoms with Crippen LogP contribution in [0.4, 0.5) is 5.82 Å². The topological polar surface area (TPSA) is 127 Å². The lowest BCUT2D eigenvalue weighted by Crippen LogP contribution is -2.44. The van der Waals surface area contributed by atoms with Crippen LogP contribution in [0.2, 0.25) is 0 Å². The van der Waals surface area contributed by atoms with Gasteiger partial charge in [-0.05, 0) is 50.1 Å². The van der Waals surface area contributed by atoms with E-state index in [1.165, 1.54) is 6.92 Å². The third-order valence-electron chi connectivity index (χ3n) is 6.18. The molecule has 1 aliphatic heterocycles. The highest BCUT2D eigenvalue weighted by Gasteiger charge is 2.27. The Kier molecular flexibility index (Phi) is 5.26. The van der Waals surface area contributed by atoms with Gasteiger partial charge in [0.25, 0.3) is 11.5 Å². The summed E-state index contributed by atoms with van der Waals surface area (Å²) in [6, 6.07) is 10.6. The fourth-order valence-corrected chi connectivity index (χ4v) is 4.48. The predicted octanol–water partition coefficient (Wildman–Crippen LogP) is 2.13. The number of amides is 1. The van der Waals surface area contributed by atoms with E-state index in [-0.39, 0.29) is 17.5 Å². The summed E-state index contributed by atoms with van der Waals surface area (Å²) in [6.45, 7) is 2.44. The van der Waals surface area contributed by atoms with Gasteiger partial charge in [0.1, 0.15) is 17.4 Å². The number of nitrogens with two attached hydrogens (primary N) is 1. The molecule has 0 bridgehead atoms. The Labute approximate surface area is 189 Å². The highest BCUT2D eigenvalue weighted by Crippen LogP contribution is 2.30. The van der Waals surface area contributed by atoms with Gasteiger partial charge in [0.15, 0.2) is 0 Å². The summed E-state index contributed by atoms with van der Waals surface area (Å²) in [5, 5.41) is 10.4. The first-order chi connectivity index (χ1) is 15.9. The minimum absolute atomic E-state index is 0.0894. The smallest absolute Gasteiger partial charge is 0.251 e. The Balaban J connectivity index is 1.62. The fraction of sp³-hybridized carbons (Fsp3) is 0.292. The van der Waals surface area contributed by atoms with Crippen LogP contribution in [0, 0.1) is 0 Å². The molecule has 0 radical (unpaired) electrons. The van der Waals surface area contributed by atoms with Gasteiger partial charge in [-0.2, -0.15) is 0 Å². The van der Waals surface area contributed by atoms with Gasteiger partial charge in [0.2, 0.25) is 0 Å². The molecular weight excluding hydrogens is 420 g/mol. The lowest BCUT2D eigenvalue weighted by Gasteiger charge is -2.34. The SMILES string of the molecule is C[C@@H](O)C(=O)N1CCC(n2c(=O)ccc3cnc4ccc(-c5ccc(N)nc5)nc4c32)CC1. The second-order valence-corrected chi connectivity index (χ2v) is 8.37. The standard InChI is InChI=1S/C24H24N6O3/c1-14(31)24(33)29-10-8-17(9-11-29)30-21(32)7-3-16-13-26-19-5-4-18(28-22(19)23(16)30)15-2-6-20(25)27-12-15/h2-7,12-14,17,31H,8-11H2,1H3,(H2,25,27)/t14-/m1/s1. The largest absolute Gasteiger partial charge is 0.384 e. The lowest BCUT2D eigenvalue weighted by molar-refractivity contribution is -0.140. The lowest BCUT2D eigenvalue weighted by atomic mass is 10.0. The fourth-order valence-electron chi connectivity index (χ4n) is 4.48. The van der Waals surface area contributed by atoms with Crippen LogP contribution >= 0.6 is 0 Å². The summed E-state index contributed by atoms with van der Waals surface area (Å²) in [6.07, 6.45) is 3.63. The number of nitrogens with zero attached hydrogens (tertiary/aromatic N) is 5. The highest BCUT2D eigenvalue weighted by molar-refractivity contribution is 6.01. The third-order valence-corrected chi connectivity index (χ3v) is 6.18. The normalized spacial score (nSPS) is 15.8. The molecule has 1 atom stereocenters. The number of aliphatic hydroxyl groups excluding tert-OH is 1. The number of pyridine rings is 4. The average molecular weight is 444 g/mol. The first-order valence-electron chi connectivity index (χ1n) is 10.9. The van der Waals surface area contributed by atoms with Crippen molar-refractivity contribution in [3.8, 4) is 11.3 Å². The number of carbonyl (C=O) groups is 1. The number of hydrogen-bond donors (Lipinski definition) is 2. The molecule has 9 nitrogen and oxygen atoms in total. The average Bonchev–Trinajstić information content (AvgIpc) is 2.83. The maximum absolute atomic E-state index is 13.1. The van der Waals surface area contributed by atoms with Crippen molar-refractivity contribution in [2.75, 3.05) is 18.8 Å². The van der Waals surface area contributed by atoms with E-state index < -0.39 is 6.10 Å². The summed E-state index contributed by atoms with van der Waals surface area (Å²) < 4.78 is 1.79. The first kappa shape index (κ1) is 21.0. The van der Waals surface area contributed by atoms with E-state index in [2.05, 4.69) is 9.97 Å². The predicted molar refractivity (Wildman–Crippen MR) is 125 cm³/mol. The molecule has 1 amide bonds. The van der Waals surface area contributed by atoms with Gasteiger partial charge in [0.05, 0.1) is 16.7 Å². The quantitative estimate of drug-likeness (QED) is 0.463. The molecule has 5 heterocycles. The van der Waals surface area contributed by atoms with E-state index in [0.29, 0.717) is 48.5 Å². The monoisotopic (exact) mass is 444 g/mol. The number of piperidine rings is 1. The number of aliphatic hydroxyl groups is 1. The minimum atomic E-state index is -1.03. The van der Waals surface area contributed by atoms with Crippen LogP contribution in [0.5, 0.6) is 0 Å². The van der Waals surface area contributed by atoms with Gasteiger partial charge in [-0.3, -0.25) is 14.6 Å². The second kappa shape index (κ2) is 8.25. The molecule has 1 saturated heterocycles. The molecular formula is C24H24N6O3. The summed E-state index contributed by atoms with van der Waals surface area (Å²) in [7, 11) is 0. The molecule has 4 aromatic heterocycles.